The lowest BCUT2D eigenvalue weighted by molar-refractivity contribution is -0.199. The van der Waals surface area contributed by atoms with Gasteiger partial charge in [-0.3, -0.25) is 5.11 Å². The zero-order chi connectivity index (χ0) is 17.0. The number of methoxy groups -OCH3 is 2. The molecule has 0 aliphatic carbocycles. The second-order valence-corrected chi connectivity index (χ2v) is 4.31. The average Bonchev–Trinajstić information content (AvgIpc) is 2.52. The molecule has 0 spiro atoms. The van der Waals surface area contributed by atoms with Gasteiger partial charge >= 0.3 is 12.2 Å². The van der Waals surface area contributed by atoms with E-state index in [1.165, 1.54) is 26.4 Å². The summed E-state index contributed by atoms with van der Waals surface area (Å²) in [5, 5.41) is 11.6. The van der Waals surface area contributed by atoms with E-state index < -0.39 is 29.5 Å². The summed E-state index contributed by atoms with van der Waals surface area (Å²) in [6, 6.07) is 5.70. The fourth-order valence-electron chi connectivity index (χ4n) is 1.72. The van der Waals surface area contributed by atoms with Crippen LogP contribution < -0.4 is 14.2 Å². The third-order valence-corrected chi connectivity index (χ3v) is 2.75. The Balaban J connectivity index is 2.46. The molecule has 23 heavy (non-hydrogen) atoms. The van der Waals surface area contributed by atoms with Gasteiger partial charge in [-0.1, -0.05) is 12.1 Å². The second-order valence-electron chi connectivity index (χ2n) is 4.31. The van der Waals surface area contributed by atoms with E-state index in [-0.39, 0.29) is 11.9 Å². The first kappa shape index (κ1) is 16.7. The van der Waals surface area contributed by atoms with Gasteiger partial charge in [0.1, 0.15) is 5.69 Å². The Morgan fingerprint density at radius 2 is 1.78 bits per heavy atom. The highest BCUT2D eigenvalue weighted by Gasteiger charge is 2.45. The van der Waals surface area contributed by atoms with Crippen LogP contribution >= 0.6 is 0 Å². The molecule has 123 valence electrons. The fraction of sp³-hybridized carbons (Fsp3) is 0.286. The number of hydrogen-bond donors (Lipinski definition) is 0. The maximum atomic E-state index is 13.3. The SMILES string of the molecule is COc1cc(C(Oc2ccccc2[O])C(F)(F)F)nc(OC)n1. The summed E-state index contributed by atoms with van der Waals surface area (Å²) in [7, 11) is 2.44. The van der Waals surface area contributed by atoms with Crippen LogP contribution in [-0.2, 0) is 5.11 Å². The van der Waals surface area contributed by atoms with Crippen molar-refractivity contribution in [3.8, 4) is 23.4 Å². The first-order valence-corrected chi connectivity index (χ1v) is 6.31. The van der Waals surface area contributed by atoms with Crippen molar-refractivity contribution in [2.45, 2.75) is 12.3 Å². The Hall–Kier alpha value is -2.71. The number of para-hydroxylation sites is 2. The maximum absolute atomic E-state index is 13.3. The standard InChI is InChI=1S/C14H12F3N2O4/c1-21-11-7-8(18-13(19-11)22-2)12(14(15,16)17)23-10-6-4-3-5-9(10)20/h3-7,12H,1-2H3. The van der Waals surface area contributed by atoms with Crippen LogP contribution in [0.3, 0.4) is 0 Å². The first-order chi connectivity index (χ1) is 10.8. The highest BCUT2D eigenvalue weighted by Crippen LogP contribution is 2.39. The molecule has 0 aliphatic heterocycles. The van der Waals surface area contributed by atoms with Crippen molar-refractivity contribution >= 4 is 0 Å². The zero-order valence-corrected chi connectivity index (χ0v) is 12.1. The smallest absolute Gasteiger partial charge is 0.431 e. The molecule has 0 N–H and O–H groups in total. The lowest BCUT2D eigenvalue weighted by Gasteiger charge is -2.21. The number of alkyl halides is 3. The van der Waals surface area contributed by atoms with Crippen molar-refractivity contribution < 1.29 is 32.5 Å². The molecule has 0 aliphatic rings. The van der Waals surface area contributed by atoms with E-state index in [0.29, 0.717) is 0 Å². The molecule has 6 nitrogen and oxygen atoms in total. The van der Waals surface area contributed by atoms with Gasteiger partial charge in [0.2, 0.25) is 17.7 Å². The van der Waals surface area contributed by atoms with Gasteiger partial charge in [0.25, 0.3) is 0 Å². The minimum atomic E-state index is -4.81. The zero-order valence-electron chi connectivity index (χ0n) is 12.1. The van der Waals surface area contributed by atoms with Crippen LogP contribution in [0.15, 0.2) is 30.3 Å². The van der Waals surface area contributed by atoms with E-state index in [0.717, 1.165) is 18.2 Å². The Labute approximate surface area is 129 Å². The molecule has 1 unspecified atom stereocenters. The first-order valence-electron chi connectivity index (χ1n) is 6.31. The summed E-state index contributed by atoms with van der Waals surface area (Å²) >= 11 is 0. The Morgan fingerprint density at radius 1 is 1.09 bits per heavy atom. The molecule has 0 saturated heterocycles. The van der Waals surface area contributed by atoms with E-state index in [1.807, 2.05) is 0 Å². The molecule has 2 rings (SSSR count). The van der Waals surface area contributed by atoms with Crippen LogP contribution in [0, 0.1) is 0 Å². The van der Waals surface area contributed by atoms with E-state index in [1.54, 1.807) is 0 Å². The molecular formula is C14H12F3N2O4. The van der Waals surface area contributed by atoms with E-state index in [4.69, 9.17) is 14.2 Å². The van der Waals surface area contributed by atoms with Gasteiger partial charge in [-0.05, 0) is 12.1 Å². The number of hydrogen-bond acceptors (Lipinski definition) is 5. The van der Waals surface area contributed by atoms with Gasteiger partial charge in [0, 0.05) is 6.07 Å². The summed E-state index contributed by atoms with van der Waals surface area (Å²) < 4.78 is 54.4. The average molecular weight is 329 g/mol. The molecule has 1 atom stereocenters. The van der Waals surface area contributed by atoms with Crippen LogP contribution in [0.25, 0.3) is 0 Å². The van der Waals surface area contributed by atoms with Crippen molar-refractivity contribution in [1.82, 2.24) is 9.97 Å². The lowest BCUT2D eigenvalue weighted by Crippen LogP contribution is -2.27. The molecule has 0 fully saturated rings. The van der Waals surface area contributed by atoms with E-state index >= 15 is 0 Å². The van der Waals surface area contributed by atoms with Crippen LogP contribution in [-0.4, -0.2) is 30.4 Å². The summed E-state index contributed by atoms with van der Waals surface area (Å²) in [5.41, 5.74) is -0.538. The minimum Gasteiger partial charge on any atom is -0.481 e. The molecule has 0 saturated carbocycles. The van der Waals surface area contributed by atoms with Crippen molar-refractivity contribution in [2.75, 3.05) is 14.2 Å². The summed E-state index contributed by atoms with van der Waals surface area (Å²) in [5.74, 6) is -1.23. The third kappa shape index (κ3) is 3.93. The molecular weight excluding hydrogens is 317 g/mol. The molecule has 9 heteroatoms. The normalized spacial score (nSPS) is 12.6. The predicted molar refractivity (Wildman–Crippen MR) is 71.1 cm³/mol. The van der Waals surface area contributed by atoms with Crippen molar-refractivity contribution in [3.63, 3.8) is 0 Å². The van der Waals surface area contributed by atoms with Gasteiger partial charge in [0.05, 0.1) is 14.2 Å². The van der Waals surface area contributed by atoms with Gasteiger partial charge in [0.15, 0.2) is 5.75 Å². The molecule has 1 aromatic heterocycles. The summed E-state index contributed by atoms with van der Waals surface area (Å²) in [6.07, 6.45) is -7.28. The van der Waals surface area contributed by atoms with E-state index in [2.05, 4.69) is 9.97 Å². The number of aromatic nitrogens is 2. The molecule has 1 aromatic carbocycles. The second kappa shape index (κ2) is 6.59. The van der Waals surface area contributed by atoms with Crippen LogP contribution in [0.4, 0.5) is 13.2 Å². The highest BCUT2D eigenvalue weighted by molar-refractivity contribution is 5.38. The third-order valence-electron chi connectivity index (χ3n) is 2.75. The topological polar surface area (TPSA) is 73.4 Å². The van der Waals surface area contributed by atoms with E-state index in [9.17, 15) is 18.3 Å². The molecule has 0 amide bonds. The van der Waals surface area contributed by atoms with Crippen molar-refractivity contribution in [1.29, 1.82) is 0 Å². The van der Waals surface area contributed by atoms with Gasteiger partial charge in [-0.25, -0.2) is 0 Å². The quantitative estimate of drug-likeness (QED) is 0.841. The number of benzene rings is 1. The van der Waals surface area contributed by atoms with Crippen LogP contribution in [0.2, 0.25) is 0 Å². The molecule has 0 bridgehead atoms. The lowest BCUT2D eigenvalue weighted by atomic mass is 10.2. The fourth-order valence-corrected chi connectivity index (χ4v) is 1.72. The minimum absolute atomic E-state index is 0.125. The van der Waals surface area contributed by atoms with Gasteiger partial charge < -0.3 is 14.2 Å². The Kier molecular flexibility index (Phi) is 4.77. The number of nitrogens with zero attached hydrogens (tertiary/aromatic N) is 2. The largest absolute Gasteiger partial charge is 0.481 e. The number of halogens is 3. The monoisotopic (exact) mass is 329 g/mol. The predicted octanol–water partition coefficient (Wildman–Crippen LogP) is 3.32. The van der Waals surface area contributed by atoms with Crippen molar-refractivity contribution in [2.24, 2.45) is 0 Å². The molecule has 2 aromatic rings. The van der Waals surface area contributed by atoms with Gasteiger partial charge in [-0.2, -0.15) is 23.1 Å². The summed E-state index contributed by atoms with van der Waals surface area (Å²) in [4.78, 5) is 7.35. The number of rotatable bonds is 5. The Morgan fingerprint density at radius 3 is 2.35 bits per heavy atom. The Bertz CT molecular complexity index is 657. The molecule has 1 radical (unpaired) electrons. The van der Waals surface area contributed by atoms with Gasteiger partial charge in [-0.15, -0.1) is 0 Å². The highest BCUT2D eigenvalue weighted by atomic mass is 19.4. The number of ether oxygens (including phenoxy) is 3. The summed E-state index contributed by atoms with van der Waals surface area (Å²) in [6.45, 7) is 0. The van der Waals surface area contributed by atoms with Crippen LogP contribution in [0.5, 0.6) is 23.4 Å². The molecule has 1 heterocycles. The van der Waals surface area contributed by atoms with Crippen molar-refractivity contribution in [3.05, 3.63) is 36.0 Å². The van der Waals surface area contributed by atoms with Crippen LogP contribution in [0.1, 0.15) is 11.8 Å². The maximum Gasteiger partial charge on any atom is 0.431 e.